The van der Waals surface area contributed by atoms with Crippen molar-refractivity contribution in [1.29, 1.82) is 0 Å². The van der Waals surface area contributed by atoms with E-state index < -0.39 is 49.1 Å². The molecule has 5 nitrogen and oxygen atoms in total. The molecule has 1 rings (SSSR count). The Kier molecular flexibility index (Phi) is 8.08. The van der Waals surface area contributed by atoms with Gasteiger partial charge in [0, 0.05) is 19.0 Å². The lowest BCUT2D eigenvalue weighted by molar-refractivity contribution is -0.133. The van der Waals surface area contributed by atoms with Crippen LogP contribution in [-0.2, 0) is 9.59 Å². The number of nitrogens with two attached hydrogens (primary N) is 1. The molecule has 1 aliphatic heterocycles. The molecule has 0 radical (unpaired) electrons. The number of carbonyl (C=O) groups is 2. The Bertz CT molecular complexity index is 627. The minimum atomic E-state index is -2.93. The van der Waals surface area contributed by atoms with Gasteiger partial charge in [-0.25, -0.2) is 13.2 Å². The summed E-state index contributed by atoms with van der Waals surface area (Å²) in [4.78, 5) is 25.4. The molecule has 0 bridgehead atoms. The fourth-order valence-corrected chi connectivity index (χ4v) is 2.56. The van der Waals surface area contributed by atoms with Crippen LogP contribution in [0.15, 0.2) is 35.2 Å². The zero-order valence-corrected chi connectivity index (χ0v) is 15.3. The summed E-state index contributed by atoms with van der Waals surface area (Å²) >= 11 is 0. The molecule has 0 aromatic carbocycles. The second-order valence-corrected chi connectivity index (χ2v) is 6.38. The molecule has 0 spiro atoms. The second-order valence-electron chi connectivity index (χ2n) is 6.38. The van der Waals surface area contributed by atoms with Gasteiger partial charge in [0.1, 0.15) is 5.83 Å². The number of carbonyl (C=O) groups excluding carboxylic acids is 2. The Balaban J connectivity index is 2.84. The summed E-state index contributed by atoms with van der Waals surface area (Å²) in [6, 6.07) is -0.618. The molecule has 0 aliphatic carbocycles. The van der Waals surface area contributed by atoms with E-state index in [9.17, 15) is 22.8 Å². The third-order valence-corrected chi connectivity index (χ3v) is 3.96. The third-order valence-electron chi connectivity index (χ3n) is 3.96. The molecule has 26 heavy (non-hydrogen) atoms. The Morgan fingerprint density at radius 1 is 1.38 bits per heavy atom. The van der Waals surface area contributed by atoms with Crippen molar-refractivity contribution in [3.05, 3.63) is 35.2 Å². The molecule has 1 atom stereocenters. The minimum Gasteiger partial charge on any atom is -0.343 e. The Labute approximate surface area is 151 Å². The highest BCUT2D eigenvalue weighted by Crippen LogP contribution is 2.31. The van der Waals surface area contributed by atoms with Crippen LogP contribution in [0.3, 0.4) is 0 Å². The average molecular weight is 373 g/mol. The molecule has 0 aromatic rings. The van der Waals surface area contributed by atoms with Gasteiger partial charge < -0.3 is 16.0 Å². The highest BCUT2D eigenvalue weighted by atomic mass is 19.3. The maximum absolute atomic E-state index is 14.2. The first-order valence-corrected chi connectivity index (χ1v) is 8.50. The van der Waals surface area contributed by atoms with Crippen LogP contribution in [0.2, 0.25) is 0 Å². The Morgan fingerprint density at radius 2 is 2.04 bits per heavy atom. The molecule has 1 saturated heterocycles. The van der Waals surface area contributed by atoms with Crippen molar-refractivity contribution in [2.75, 3.05) is 19.6 Å². The van der Waals surface area contributed by atoms with Gasteiger partial charge >= 0.3 is 0 Å². The first-order valence-electron chi connectivity index (χ1n) is 8.50. The number of halogens is 3. The van der Waals surface area contributed by atoms with Crippen LogP contribution < -0.4 is 11.1 Å². The number of rotatable bonds is 7. The minimum absolute atomic E-state index is 0.140. The lowest BCUT2D eigenvalue weighted by atomic mass is 10.1. The van der Waals surface area contributed by atoms with Crippen molar-refractivity contribution >= 4 is 11.8 Å². The molecule has 146 valence electrons. The van der Waals surface area contributed by atoms with Gasteiger partial charge in [0.15, 0.2) is 0 Å². The molecule has 1 fully saturated rings. The van der Waals surface area contributed by atoms with Crippen LogP contribution in [0.4, 0.5) is 13.2 Å². The monoisotopic (exact) mass is 373 g/mol. The number of hydrogen-bond donors (Lipinski definition) is 2. The molecule has 0 aromatic heterocycles. The summed E-state index contributed by atoms with van der Waals surface area (Å²) in [5.41, 5.74) is 5.79. The Morgan fingerprint density at radius 3 is 2.54 bits per heavy atom. The topological polar surface area (TPSA) is 75.4 Å². The smallest absolute Gasteiger partial charge is 0.267 e. The summed E-state index contributed by atoms with van der Waals surface area (Å²) in [7, 11) is 0. The van der Waals surface area contributed by atoms with E-state index in [1.165, 1.54) is 19.1 Å². The van der Waals surface area contributed by atoms with Gasteiger partial charge in [-0.3, -0.25) is 9.59 Å². The van der Waals surface area contributed by atoms with Crippen molar-refractivity contribution in [3.63, 3.8) is 0 Å². The number of nitrogens with one attached hydrogen (secondary N) is 1. The van der Waals surface area contributed by atoms with E-state index in [2.05, 4.69) is 5.32 Å². The zero-order chi connectivity index (χ0) is 19.9. The second kappa shape index (κ2) is 9.56. The zero-order valence-electron chi connectivity index (χ0n) is 15.3. The van der Waals surface area contributed by atoms with Crippen molar-refractivity contribution in [2.45, 2.75) is 45.6 Å². The first-order chi connectivity index (χ1) is 12.1. The predicted molar refractivity (Wildman–Crippen MR) is 94.1 cm³/mol. The maximum atomic E-state index is 14.2. The van der Waals surface area contributed by atoms with Gasteiger partial charge in [-0.2, -0.15) is 0 Å². The number of allylic oxidation sites excluding steroid dienone is 3. The van der Waals surface area contributed by atoms with Gasteiger partial charge in [0.05, 0.1) is 18.7 Å². The normalized spacial score (nSPS) is 21.1. The lowest BCUT2D eigenvalue weighted by Crippen LogP contribution is -2.42. The average Bonchev–Trinajstić information content (AvgIpc) is 2.87. The highest BCUT2D eigenvalue weighted by Gasteiger charge is 2.44. The van der Waals surface area contributed by atoms with E-state index >= 15 is 0 Å². The van der Waals surface area contributed by atoms with Crippen molar-refractivity contribution in [2.24, 2.45) is 5.73 Å². The SMILES string of the molecule is CC/C=C/C(F)=C(\C=C(/C)CN)C(=O)NCC(=O)N1CC(F)(F)CC1C. The van der Waals surface area contributed by atoms with Gasteiger partial charge in [-0.05, 0) is 32.4 Å². The molecule has 8 heteroatoms. The van der Waals surface area contributed by atoms with Crippen LogP contribution in [-0.4, -0.2) is 48.3 Å². The van der Waals surface area contributed by atoms with E-state index in [-0.39, 0.29) is 12.1 Å². The van der Waals surface area contributed by atoms with Gasteiger partial charge in [-0.15, -0.1) is 0 Å². The van der Waals surface area contributed by atoms with E-state index in [0.717, 1.165) is 4.90 Å². The van der Waals surface area contributed by atoms with Crippen LogP contribution >= 0.6 is 0 Å². The molecule has 1 unspecified atom stereocenters. The number of alkyl halides is 2. The number of likely N-dealkylation sites (tertiary alicyclic amines) is 1. The van der Waals surface area contributed by atoms with Crippen LogP contribution in [0.25, 0.3) is 0 Å². The molecule has 1 aliphatic rings. The van der Waals surface area contributed by atoms with Crippen LogP contribution in [0.5, 0.6) is 0 Å². The van der Waals surface area contributed by atoms with Crippen molar-refractivity contribution < 1.29 is 22.8 Å². The predicted octanol–water partition coefficient (Wildman–Crippen LogP) is 2.45. The summed E-state index contributed by atoms with van der Waals surface area (Å²) in [5.74, 6) is -5.12. The van der Waals surface area contributed by atoms with E-state index in [1.54, 1.807) is 13.0 Å². The fraction of sp³-hybridized carbons (Fsp3) is 0.556. The Hall–Kier alpha value is -2.09. The van der Waals surface area contributed by atoms with Crippen LogP contribution in [0, 0.1) is 0 Å². The molecule has 2 amide bonds. The third kappa shape index (κ3) is 6.33. The van der Waals surface area contributed by atoms with E-state index in [4.69, 9.17) is 5.73 Å². The van der Waals surface area contributed by atoms with Crippen molar-refractivity contribution in [1.82, 2.24) is 10.2 Å². The molecule has 3 N–H and O–H groups in total. The number of amides is 2. The number of hydrogen-bond acceptors (Lipinski definition) is 3. The van der Waals surface area contributed by atoms with Crippen molar-refractivity contribution in [3.8, 4) is 0 Å². The quantitative estimate of drug-likeness (QED) is 0.532. The van der Waals surface area contributed by atoms with Crippen LogP contribution in [0.1, 0.15) is 33.6 Å². The molecule has 0 saturated carbocycles. The van der Waals surface area contributed by atoms with E-state index in [1.807, 2.05) is 6.92 Å². The first kappa shape index (κ1) is 22.0. The van der Waals surface area contributed by atoms with E-state index in [0.29, 0.717) is 12.0 Å². The summed E-state index contributed by atoms with van der Waals surface area (Å²) < 4.78 is 41.0. The lowest BCUT2D eigenvalue weighted by Gasteiger charge is -2.21. The van der Waals surface area contributed by atoms with Gasteiger partial charge in [0.25, 0.3) is 11.8 Å². The largest absolute Gasteiger partial charge is 0.343 e. The standard InChI is InChI=1S/C18H26F3N3O2/c1-4-5-6-15(19)14(7-12(2)9-22)17(26)23-10-16(25)24-11-18(20,21)8-13(24)3/h5-7,13H,4,8-11,22H2,1-3H3,(H,23,26)/b6-5+,12-7+,15-14-. The summed E-state index contributed by atoms with van der Waals surface area (Å²) in [6.07, 6.45) is 4.20. The maximum Gasteiger partial charge on any atom is 0.267 e. The fourth-order valence-electron chi connectivity index (χ4n) is 2.56. The molecular weight excluding hydrogens is 347 g/mol. The van der Waals surface area contributed by atoms with Gasteiger partial charge in [0.2, 0.25) is 5.91 Å². The molecule has 1 heterocycles. The summed E-state index contributed by atoms with van der Waals surface area (Å²) in [5, 5.41) is 2.30. The molecular formula is C18H26F3N3O2. The summed E-state index contributed by atoms with van der Waals surface area (Å²) in [6.45, 7) is 3.96. The number of nitrogens with zero attached hydrogens (tertiary/aromatic N) is 1. The van der Waals surface area contributed by atoms with Gasteiger partial charge in [-0.1, -0.05) is 18.6 Å². The highest BCUT2D eigenvalue weighted by molar-refractivity contribution is 5.99.